The van der Waals surface area contributed by atoms with Crippen molar-refractivity contribution in [1.29, 1.82) is 0 Å². The molecule has 1 atom stereocenters. The summed E-state index contributed by atoms with van der Waals surface area (Å²) < 4.78 is 0. The summed E-state index contributed by atoms with van der Waals surface area (Å²) >= 11 is 0. The predicted molar refractivity (Wildman–Crippen MR) is 81.9 cm³/mol. The minimum atomic E-state index is -0.219. The number of hydrogen-bond acceptors (Lipinski definition) is 4. The quantitative estimate of drug-likeness (QED) is 0.550. The van der Waals surface area contributed by atoms with Gasteiger partial charge in [-0.1, -0.05) is 18.2 Å². The van der Waals surface area contributed by atoms with Crippen molar-refractivity contribution in [3.63, 3.8) is 0 Å². The van der Waals surface area contributed by atoms with Crippen molar-refractivity contribution < 1.29 is 5.11 Å². The van der Waals surface area contributed by atoms with Gasteiger partial charge in [0.2, 0.25) is 0 Å². The van der Waals surface area contributed by atoms with E-state index in [2.05, 4.69) is 20.6 Å². The van der Waals surface area contributed by atoms with Crippen LogP contribution in [-0.4, -0.2) is 15.1 Å². The third kappa shape index (κ3) is 1.90. The number of hydrogen-bond donors (Lipinski definition) is 4. The summed E-state index contributed by atoms with van der Waals surface area (Å²) in [7, 11) is 0. The zero-order valence-electron chi connectivity index (χ0n) is 11.2. The molecule has 5 nitrogen and oxygen atoms in total. The van der Waals surface area contributed by atoms with E-state index in [0.29, 0.717) is 0 Å². The van der Waals surface area contributed by atoms with E-state index < -0.39 is 0 Å². The zero-order chi connectivity index (χ0) is 14.2. The SMILES string of the molecule is Oc1[nH]cc2c1C(c1ccccn1)Nc1ccccc1N2. The lowest BCUT2D eigenvalue weighted by molar-refractivity contribution is 0.449. The second kappa shape index (κ2) is 4.56. The lowest BCUT2D eigenvalue weighted by Crippen LogP contribution is -2.12. The van der Waals surface area contributed by atoms with E-state index in [-0.39, 0.29) is 11.9 Å². The minimum Gasteiger partial charge on any atom is -0.494 e. The second-order valence-corrected chi connectivity index (χ2v) is 4.97. The van der Waals surface area contributed by atoms with Gasteiger partial charge in [0.1, 0.15) is 6.04 Å². The molecule has 1 aliphatic heterocycles. The summed E-state index contributed by atoms with van der Waals surface area (Å²) in [4.78, 5) is 7.28. The van der Waals surface area contributed by atoms with Crippen molar-refractivity contribution in [3.05, 3.63) is 66.1 Å². The number of nitrogens with zero attached hydrogens (tertiary/aromatic N) is 1. The maximum absolute atomic E-state index is 10.2. The zero-order valence-corrected chi connectivity index (χ0v) is 11.2. The summed E-state index contributed by atoms with van der Waals surface area (Å²) in [5.74, 6) is 0.147. The van der Waals surface area contributed by atoms with E-state index in [0.717, 1.165) is 28.3 Å². The summed E-state index contributed by atoms with van der Waals surface area (Å²) in [6.07, 6.45) is 3.52. The van der Waals surface area contributed by atoms with Crippen LogP contribution < -0.4 is 10.6 Å². The third-order valence-electron chi connectivity index (χ3n) is 3.67. The fraction of sp³-hybridized carbons (Fsp3) is 0.0625. The molecule has 3 aromatic rings. The molecule has 104 valence electrons. The largest absolute Gasteiger partial charge is 0.494 e. The molecule has 0 saturated carbocycles. The molecule has 2 aromatic heterocycles. The van der Waals surface area contributed by atoms with Gasteiger partial charge >= 0.3 is 0 Å². The van der Waals surface area contributed by atoms with Crippen LogP contribution in [0.15, 0.2) is 54.9 Å². The van der Waals surface area contributed by atoms with Crippen LogP contribution in [0, 0.1) is 0 Å². The first-order valence-corrected chi connectivity index (χ1v) is 6.76. The number of pyridine rings is 1. The van der Waals surface area contributed by atoms with Gasteiger partial charge in [0.15, 0.2) is 5.88 Å². The maximum atomic E-state index is 10.2. The summed E-state index contributed by atoms with van der Waals surface area (Å²) in [6, 6.07) is 13.5. The number of benzene rings is 1. The third-order valence-corrected chi connectivity index (χ3v) is 3.67. The number of aromatic hydroxyl groups is 1. The van der Waals surface area contributed by atoms with Gasteiger partial charge in [-0.2, -0.15) is 0 Å². The topological polar surface area (TPSA) is 73.0 Å². The molecule has 1 aromatic carbocycles. The molecule has 0 bridgehead atoms. The molecule has 1 unspecified atom stereocenters. The highest BCUT2D eigenvalue weighted by atomic mass is 16.3. The van der Waals surface area contributed by atoms with Gasteiger partial charge in [-0.05, 0) is 24.3 Å². The van der Waals surface area contributed by atoms with Gasteiger partial charge in [-0.25, -0.2) is 0 Å². The Bertz CT molecular complexity index is 782. The lowest BCUT2D eigenvalue weighted by atomic mass is 10.0. The highest BCUT2D eigenvalue weighted by Crippen LogP contribution is 2.42. The molecule has 1 aliphatic rings. The van der Waals surface area contributed by atoms with Crippen LogP contribution in [0.1, 0.15) is 17.3 Å². The van der Waals surface area contributed by atoms with Gasteiger partial charge in [-0.3, -0.25) is 4.98 Å². The van der Waals surface area contributed by atoms with E-state index in [9.17, 15) is 5.11 Å². The van der Waals surface area contributed by atoms with E-state index in [1.54, 1.807) is 12.4 Å². The molecular formula is C16H14N4O. The van der Waals surface area contributed by atoms with Crippen molar-refractivity contribution in [2.45, 2.75) is 6.04 Å². The molecule has 0 aliphatic carbocycles. The van der Waals surface area contributed by atoms with E-state index in [1.807, 2.05) is 42.5 Å². The summed E-state index contributed by atoms with van der Waals surface area (Å²) in [5.41, 5.74) is 4.41. The minimum absolute atomic E-state index is 0.147. The van der Waals surface area contributed by atoms with Crippen molar-refractivity contribution in [2.75, 3.05) is 10.6 Å². The number of para-hydroxylation sites is 2. The number of anilines is 3. The molecular weight excluding hydrogens is 264 g/mol. The Labute approximate surface area is 121 Å². The molecule has 0 radical (unpaired) electrons. The number of aromatic amines is 1. The number of fused-ring (bicyclic) bond motifs is 2. The Morgan fingerprint density at radius 3 is 2.57 bits per heavy atom. The summed E-state index contributed by atoms with van der Waals surface area (Å²) in [5, 5.41) is 17.0. The maximum Gasteiger partial charge on any atom is 0.196 e. The van der Waals surface area contributed by atoms with Gasteiger partial charge < -0.3 is 20.7 Å². The monoisotopic (exact) mass is 278 g/mol. The second-order valence-electron chi connectivity index (χ2n) is 4.97. The van der Waals surface area contributed by atoms with Crippen LogP contribution in [-0.2, 0) is 0 Å². The van der Waals surface area contributed by atoms with Crippen LogP contribution in [0.2, 0.25) is 0 Å². The van der Waals surface area contributed by atoms with Crippen molar-refractivity contribution >= 4 is 17.1 Å². The molecule has 3 heterocycles. The first-order chi connectivity index (χ1) is 10.3. The fourth-order valence-corrected chi connectivity index (χ4v) is 2.68. The van der Waals surface area contributed by atoms with Crippen molar-refractivity contribution in [1.82, 2.24) is 9.97 Å². The molecule has 0 spiro atoms. The average Bonchev–Trinajstić information content (AvgIpc) is 2.80. The van der Waals surface area contributed by atoms with Crippen LogP contribution in [0.25, 0.3) is 0 Å². The van der Waals surface area contributed by atoms with E-state index in [4.69, 9.17) is 0 Å². The Balaban J connectivity index is 1.91. The number of aromatic nitrogens is 2. The van der Waals surface area contributed by atoms with Gasteiger partial charge in [0.05, 0.1) is 28.3 Å². The van der Waals surface area contributed by atoms with Crippen molar-refractivity contribution in [3.8, 4) is 5.88 Å². The van der Waals surface area contributed by atoms with Gasteiger partial charge in [0.25, 0.3) is 0 Å². The molecule has 4 N–H and O–H groups in total. The summed E-state index contributed by atoms with van der Waals surface area (Å²) in [6.45, 7) is 0. The predicted octanol–water partition coefficient (Wildman–Crippen LogP) is 3.37. The van der Waals surface area contributed by atoms with Crippen LogP contribution in [0.3, 0.4) is 0 Å². The van der Waals surface area contributed by atoms with Crippen LogP contribution in [0.4, 0.5) is 17.1 Å². The first kappa shape index (κ1) is 11.8. The molecule has 21 heavy (non-hydrogen) atoms. The van der Waals surface area contributed by atoms with Gasteiger partial charge in [-0.15, -0.1) is 0 Å². The van der Waals surface area contributed by atoms with E-state index >= 15 is 0 Å². The fourth-order valence-electron chi connectivity index (χ4n) is 2.68. The van der Waals surface area contributed by atoms with Crippen molar-refractivity contribution in [2.24, 2.45) is 0 Å². The first-order valence-electron chi connectivity index (χ1n) is 6.76. The number of rotatable bonds is 1. The van der Waals surface area contributed by atoms with E-state index in [1.165, 1.54) is 0 Å². The Hall–Kier alpha value is -2.95. The molecule has 4 rings (SSSR count). The Kier molecular flexibility index (Phi) is 2.57. The normalized spacial score (nSPS) is 16.1. The smallest absolute Gasteiger partial charge is 0.196 e. The molecule has 0 saturated heterocycles. The van der Waals surface area contributed by atoms with Gasteiger partial charge in [0, 0.05) is 12.4 Å². The lowest BCUT2D eigenvalue weighted by Gasteiger charge is -2.18. The number of nitrogens with one attached hydrogen (secondary N) is 3. The average molecular weight is 278 g/mol. The van der Waals surface area contributed by atoms with Crippen LogP contribution in [0.5, 0.6) is 5.88 Å². The molecule has 0 amide bonds. The Morgan fingerprint density at radius 2 is 1.76 bits per heavy atom. The molecule has 0 fully saturated rings. The number of H-pyrrole nitrogens is 1. The highest BCUT2D eigenvalue weighted by molar-refractivity contribution is 5.80. The molecule has 5 heteroatoms. The van der Waals surface area contributed by atoms with Crippen LogP contribution >= 0.6 is 0 Å². The Morgan fingerprint density at radius 1 is 0.952 bits per heavy atom. The standard InChI is InChI=1S/C16H14N4O/c21-16-14-13(9-18-16)19-10-5-1-2-6-11(10)20-15(14)12-7-3-4-8-17-12/h1-9,15,18-21H. The highest BCUT2D eigenvalue weighted by Gasteiger charge is 2.27.